The van der Waals surface area contributed by atoms with E-state index in [0.29, 0.717) is 10.7 Å². The average molecular weight is 367 g/mol. The fourth-order valence-electron chi connectivity index (χ4n) is 1.52. The molecular weight excluding hydrogens is 351 g/mol. The van der Waals surface area contributed by atoms with Gasteiger partial charge in [0.05, 0.1) is 0 Å². The summed E-state index contributed by atoms with van der Waals surface area (Å²) in [6.07, 6.45) is 2.37. The second kappa shape index (κ2) is 6.11. The van der Waals surface area contributed by atoms with Crippen LogP contribution in [0.2, 0.25) is 0 Å². The zero-order chi connectivity index (χ0) is 10.6. The molecule has 1 rings (SSSR count). The molecule has 0 bridgehead atoms. The van der Waals surface area contributed by atoms with Gasteiger partial charge in [-0.05, 0) is 59.0 Å². The van der Waals surface area contributed by atoms with Gasteiger partial charge < -0.3 is 0 Å². The van der Waals surface area contributed by atoms with Gasteiger partial charge in [-0.1, -0.05) is 41.9 Å². The molecule has 0 amide bonds. The van der Waals surface area contributed by atoms with E-state index in [4.69, 9.17) is 0 Å². The van der Waals surface area contributed by atoms with E-state index >= 15 is 0 Å². The maximum atomic E-state index is 3.71. The van der Waals surface area contributed by atoms with E-state index < -0.39 is 0 Å². The Morgan fingerprint density at radius 2 is 1.86 bits per heavy atom. The molecule has 2 atom stereocenters. The van der Waals surface area contributed by atoms with Crippen LogP contribution in [0, 0.1) is 9.49 Å². The SMILES string of the molecule is CCC(Br)C(C)Cc1ccc(I)cc1. The van der Waals surface area contributed by atoms with Crippen molar-refractivity contribution in [3.63, 3.8) is 0 Å². The Morgan fingerprint density at radius 1 is 1.29 bits per heavy atom. The fraction of sp³-hybridized carbons (Fsp3) is 0.500. The van der Waals surface area contributed by atoms with E-state index in [9.17, 15) is 0 Å². The maximum absolute atomic E-state index is 3.71. The summed E-state index contributed by atoms with van der Waals surface area (Å²) in [7, 11) is 0. The monoisotopic (exact) mass is 366 g/mol. The molecule has 2 unspecified atom stereocenters. The first-order valence-electron chi connectivity index (χ1n) is 5.02. The summed E-state index contributed by atoms with van der Waals surface area (Å²) >= 11 is 6.05. The van der Waals surface area contributed by atoms with Gasteiger partial charge in [-0.25, -0.2) is 0 Å². The number of alkyl halides is 1. The van der Waals surface area contributed by atoms with Crippen molar-refractivity contribution in [1.29, 1.82) is 0 Å². The van der Waals surface area contributed by atoms with Crippen LogP contribution in [0.1, 0.15) is 25.8 Å². The van der Waals surface area contributed by atoms with Gasteiger partial charge in [0.15, 0.2) is 0 Å². The second-order valence-corrected chi connectivity index (χ2v) is 6.15. The normalized spacial score (nSPS) is 15.1. The lowest BCUT2D eigenvalue weighted by molar-refractivity contribution is 0.545. The molecule has 0 heterocycles. The molecule has 0 radical (unpaired) electrons. The molecule has 0 aliphatic heterocycles. The molecule has 0 aliphatic rings. The van der Waals surface area contributed by atoms with Crippen molar-refractivity contribution in [1.82, 2.24) is 0 Å². The lowest BCUT2D eigenvalue weighted by Gasteiger charge is -2.16. The van der Waals surface area contributed by atoms with Crippen LogP contribution in [0.5, 0.6) is 0 Å². The Balaban J connectivity index is 2.56. The number of benzene rings is 1. The Hall–Kier alpha value is 0.430. The fourth-order valence-corrected chi connectivity index (χ4v) is 2.07. The number of hydrogen-bond acceptors (Lipinski definition) is 0. The van der Waals surface area contributed by atoms with Crippen molar-refractivity contribution < 1.29 is 0 Å². The highest BCUT2D eigenvalue weighted by atomic mass is 127. The minimum Gasteiger partial charge on any atom is -0.0888 e. The van der Waals surface area contributed by atoms with Crippen LogP contribution in [0.3, 0.4) is 0 Å². The van der Waals surface area contributed by atoms with Crippen LogP contribution in [0.4, 0.5) is 0 Å². The molecule has 1 aromatic rings. The Morgan fingerprint density at radius 3 is 2.36 bits per heavy atom. The van der Waals surface area contributed by atoms with Crippen LogP contribution in [-0.4, -0.2) is 4.83 Å². The van der Waals surface area contributed by atoms with Crippen molar-refractivity contribution in [2.24, 2.45) is 5.92 Å². The first-order valence-corrected chi connectivity index (χ1v) is 7.01. The number of halogens is 2. The van der Waals surface area contributed by atoms with Crippen molar-refractivity contribution in [3.05, 3.63) is 33.4 Å². The quantitative estimate of drug-likeness (QED) is 0.537. The standard InChI is InChI=1S/C12H16BrI/c1-3-12(13)9(2)8-10-4-6-11(14)7-5-10/h4-7,9,12H,3,8H2,1-2H3. The molecule has 0 spiro atoms. The van der Waals surface area contributed by atoms with E-state index in [1.54, 1.807) is 0 Å². The Kier molecular flexibility index (Phi) is 5.45. The summed E-state index contributed by atoms with van der Waals surface area (Å²) in [4.78, 5) is 0.641. The smallest absolute Gasteiger partial charge is 0.0172 e. The number of hydrogen-bond donors (Lipinski definition) is 0. The van der Waals surface area contributed by atoms with Crippen LogP contribution in [0.15, 0.2) is 24.3 Å². The minimum atomic E-state index is 0.641. The first-order chi connectivity index (χ1) is 6.63. The first kappa shape index (κ1) is 12.5. The van der Waals surface area contributed by atoms with Gasteiger partial charge in [0, 0.05) is 8.40 Å². The molecule has 0 saturated heterocycles. The highest BCUT2D eigenvalue weighted by molar-refractivity contribution is 14.1. The summed E-state index contributed by atoms with van der Waals surface area (Å²) in [6, 6.07) is 8.82. The molecule has 0 aliphatic carbocycles. The van der Waals surface area contributed by atoms with E-state index in [-0.39, 0.29) is 0 Å². The van der Waals surface area contributed by atoms with Crippen LogP contribution >= 0.6 is 38.5 Å². The molecule has 0 saturated carbocycles. The molecule has 14 heavy (non-hydrogen) atoms. The zero-order valence-electron chi connectivity index (χ0n) is 8.63. The Bertz CT molecular complexity index is 268. The molecule has 0 fully saturated rings. The predicted octanol–water partition coefficient (Wildman–Crippen LogP) is 4.64. The predicted molar refractivity (Wildman–Crippen MR) is 75.0 cm³/mol. The van der Waals surface area contributed by atoms with E-state index in [0.717, 1.165) is 0 Å². The van der Waals surface area contributed by atoms with Crippen LogP contribution in [0.25, 0.3) is 0 Å². The van der Waals surface area contributed by atoms with E-state index in [1.807, 2.05) is 0 Å². The van der Waals surface area contributed by atoms with Gasteiger partial charge >= 0.3 is 0 Å². The maximum Gasteiger partial charge on any atom is 0.0172 e. The molecule has 78 valence electrons. The highest BCUT2D eigenvalue weighted by Gasteiger charge is 2.11. The Labute approximate surface area is 109 Å². The van der Waals surface area contributed by atoms with Crippen molar-refractivity contribution in [2.45, 2.75) is 31.5 Å². The summed E-state index contributed by atoms with van der Waals surface area (Å²) in [5, 5.41) is 0. The molecule has 1 aromatic carbocycles. The van der Waals surface area contributed by atoms with Crippen molar-refractivity contribution in [3.8, 4) is 0 Å². The molecule has 0 aromatic heterocycles. The third kappa shape index (κ3) is 3.89. The topological polar surface area (TPSA) is 0 Å². The summed E-state index contributed by atoms with van der Waals surface area (Å²) in [5.41, 5.74) is 1.44. The van der Waals surface area contributed by atoms with Gasteiger partial charge in [0.1, 0.15) is 0 Å². The van der Waals surface area contributed by atoms with Crippen molar-refractivity contribution >= 4 is 38.5 Å². The zero-order valence-corrected chi connectivity index (χ0v) is 12.4. The van der Waals surface area contributed by atoms with E-state index in [2.05, 4.69) is 76.6 Å². The second-order valence-electron chi connectivity index (χ2n) is 3.73. The highest BCUT2D eigenvalue weighted by Crippen LogP contribution is 2.21. The largest absolute Gasteiger partial charge is 0.0888 e. The summed E-state index contributed by atoms with van der Waals surface area (Å²) in [6.45, 7) is 4.53. The van der Waals surface area contributed by atoms with Crippen LogP contribution < -0.4 is 0 Å². The van der Waals surface area contributed by atoms with Gasteiger partial charge in [0.25, 0.3) is 0 Å². The van der Waals surface area contributed by atoms with Gasteiger partial charge in [-0.2, -0.15) is 0 Å². The molecule has 0 nitrogen and oxygen atoms in total. The summed E-state index contributed by atoms with van der Waals surface area (Å²) in [5.74, 6) is 0.708. The van der Waals surface area contributed by atoms with Gasteiger partial charge in [-0.15, -0.1) is 0 Å². The molecular formula is C12H16BrI. The number of rotatable bonds is 4. The van der Waals surface area contributed by atoms with E-state index in [1.165, 1.54) is 22.0 Å². The summed E-state index contributed by atoms with van der Waals surface area (Å²) < 4.78 is 1.31. The average Bonchev–Trinajstić information content (AvgIpc) is 2.20. The third-order valence-electron chi connectivity index (χ3n) is 2.48. The third-order valence-corrected chi connectivity index (χ3v) is 4.75. The lowest BCUT2D eigenvalue weighted by Crippen LogP contribution is -2.12. The molecule has 2 heteroatoms. The van der Waals surface area contributed by atoms with Crippen molar-refractivity contribution in [2.75, 3.05) is 0 Å². The lowest BCUT2D eigenvalue weighted by atomic mass is 9.97. The van der Waals surface area contributed by atoms with Crippen LogP contribution in [-0.2, 0) is 6.42 Å². The molecule has 0 N–H and O–H groups in total. The van der Waals surface area contributed by atoms with Gasteiger partial charge in [0.2, 0.25) is 0 Å². The van der Waals surface area contributed by atoms with Gasteiger partial charge in [-0.3, -0.25) is 0 Å². The minimum absolute atomic E-state index is 0.641.